The Morgan fingerprint density at radius 2 is 2.04 bits per heavy atom. The predicted octanol–water partition coefficient (Wildman–Crippen LogP) is 4.58. The highest BCUT2D eigenvalue weighted by Gasteiger charge is 2.11. The van der Waals surface area contributed by atoms with Crippen LogP contribution in [-0.2, 0) is 0 Å². The van der Waals surface area contributed by atoms with Gasteiger partial charge in [-0.05, 0) is 48.6 Å². The number of furan rings is 1. The van der Waals surface area contributed by atoms with E-state index in [1.165, 1.54) is 30.3 Å². The summed E-state index contributed by atoms with van der Waals surface area (Å²) < 4.78 is 18.8. The van der Waals surface area contributed by atoms with Crippen LogP contribution in [0.3, 0.4) is 0 Å². The average Bonchev–Trinajstić information content (AvgIpc) is 3.17. The van der Waals surface area contributed by atoms with E-state index in [9.17, 15) is 14.5 Å². The minimum absolute atomic E-state index is 0.288. The first kappa shape index (κ1) is 17.3. The molecule has 3 aromatic heterocycles. The van der Waals surface area contributed by atoms with Crippen LogP contribution in [0.5, 0.6) is 0 Å². The van der Waals surface area contributed by atoms with Crippen molar-refractivity contribution in [1.82, 2.24) is 15.0 Å². The lowest BCUT2D eigenvalue weighted by Crippen LogP contribution is -1.99. The molecule has 0 saturated heterocycles. The van der Waals surface area contributed by atoms with E-state index in [0.717, 1.165) is 0 Å². The Hall–Kier alpha value is -4.14. The van der Waals surface area contributed by atoms with Gasteiger partial charge in [0.1, 0.15) is 22.3 Å². The molecule has 0 amide bonds. The van der Waals surface area contributed by atoms with E-state index in [-0.39, 0.29) is 11.6 Å². The van der Waals surface area contributed by atoms with E-state index in [1.54, 1.807) is 36.7 Å². The van der Waals surface area contributed by atoms with Gasteiger partial charge in [-0.25, -0.2) is 14.4 Å². The summed E-state index contributed by atoms with van der Waals surface area (Å²) in [7, 11) is 0. The van der Waals surface area contributed by atoms with Crippen LogP contribution in [0.2, 0.25) is 0 Å². The summed E-state index contributed by atoms with van der Waals surface area (Å²) >= 11 is 0. The molecule has 0 radical (unpaired) electrons. The second kappa shape index (κ2) is 7.23. The normalized spacial score (nSPS) is 11.2. The number of rotatable bonds is 5. The van der Waals surface area contributed by atoms with E-state index in [4.69, 9.17) is 4.42 Å². The van der Waals surface area contributed by atoms with E-state index in [2.05, 4.69) is 20.3 Å². The summed E-state index contributed by atoms with van der Waals surface area (Å²) in [6.07, 6.45) is 6.33. The van der Waals surface area contributed by atoms with E-state index in [1.807, 2.05) is 0 Å². The van der Waals surface area contributed by atoms with Crippen LogP contribution in [0.25, 0.3) is 23.1 Å². The Morgan fingerprint density at radius 3 is 2.79 bits per heavy atom. The Labute approximate surface area is 157 Å². The van der Waals surface area contributed by atoms with Gasteiger partial charge in [-0.3, -0.25) is 15.1 Å². The summed E-state index contributed by atoms with van der Waals surface area (Å²) in [5.41, 5.74) is 1.22. The highest BCUT2D eigenvalue weighted by atomic mass is 19.1. The number of nitrogens with one attached hydrogen (secondary N) is 1. The fourth-order valence-electron chi connectivity index (χ4n) is 2.55. The maximum Gasteiger partial charge on any atom is 0.433 e. The number of anilines is 2. The molecule has 0 aliphatic rings. The molecule has 0 atom stereocenters. The lowest BCUT2D eigenvalue weighted by atomic mass is 10.2. The number of benzene rings is 1. The minimum atomic E-state index is -0.617. The topological polar surface area (TPSA) is 107 Å². The van der Waals surface area contributed by atoms with Crippen LogP contribution in [0, 0.1) is 15.9 Å². The fraction of sp³-hybridized carbons (Fsp3) is 0. The van der Waals surface area contributed by atoms with Gasteiger partial charge in [0, 0.05) is 11.6 Å². The number of hydrogen-bond acceptors (Lipinski definition) is 7. The largest absolute Gasteiger partial charge is 0.433 e. The molecule has 3 heterocycles. The standard InChI is InChI=1S/C19H12FN5O3/c20-12-3-6-16-15(10-12)19(22-13-2-1-9-21-11-13)24-17(23-16)7-4-14-5-8-18(28-14)25(26)27/h1-11H,(H,22,23,24)/b7-4+. The number of nitrogens with zero attached hydrogens (tertiary/aromatic N) is 4. The van der Waals surface area contributed by atoms with Gasteiger partial charge < -0.3 is 9.73 Å². The summed E-state index contributed by atoms with van der Waals surface area (Å²) in [6.45, 7) is 0. The van der Waals surface area contributed by atoms with Crippen molar-refractivity contribution in [3.8, 4) is 0 Å². The van der Waals surface area contributed by atoms with Crippen LogP contribution in [-0.4, -0.2) is 19.9 Å². The van der Waals surface area contributed by atoms with E-state index < -0.39 is 10.7 Å². The first-order valence-electron chi connectivity index (χ1n) is 8.15. The molecule has 138 valence electrons. The van der Waals surface area contributed by atoms with Gasteiger partial charge in [0.2, 0.25) is 0 Å². The number of pyridine rings is 1. The monoisotopic (exact) mass is 377 g/mol. The minimum Gasteiger partial charge on any atom is -0.401 e. The zero-order chi connectivity index (χ0) is 19.5. The summed E-state index contributed by atoms with van der Waals surface area (Å²) in [4.78, 5) is 22.9. The van der Waals surface area contributed by atoms with Gasteiger partial charge in [0.05, 0.1) is 23.5 Å². The van der Waals surface area contributed by atoms with Crippen LogP contribution < -0.4 is 5.32 Å². The van der Waals surface area contributed by atoms with Gasteiger partial charge in [-0.2, -0.15) is 0 Å². The molecule has 0 spiro atoms. The van der Waals surface area contributed by atoms with Crippen molar-refractivity contribution in [2.75, 3.05) is 5.32 Å². The lowest BCUT2D eigenvalue weighted by Gasteiger charge is -2.09. The SMILES string of the molecule is O=[N+]([O-])c1ccc(/C=C/c2nc(Nc3cccnc3)c3cc(F)ccc3n2)o1. The van der Waals surface area contributed by atoms with Gasteiger partial charge >= 0.3 is 5.88 Å². The molecule has 1 aromatic carbocycles. The highest BCUT2D eigenvalue weighted by molar-refractivity contribution is 5.91. The van der Waals surface area contributed by atoms with Crippen molar-refractivity contribution in [3.63, 3.8) is 0 Å². The van der Waals surface area contributed by atoms with Crippen molar-refractivity contribution in [2.45, 2.75) is 0 Å². The summed E-state index contributed by atoms with van der Waals surface area (Å²) in [6, 6.07) is 10.5. The maximum atomic E-state index is 13.7. The Kier molecular flexibility index (Phi) is 4.47. The van der Waals surface area contributed by atoms with Crippen molar-refractivity contribution in [2.24, 2.45) is 0 Å². The van der Waals surface area contributed by atoms with Gasteiger partial charge in [0.25, 0.3) is 0 Å². The van der Waals surface area contributed by atoms with Crippen molar-refractivity contribution in [1.29, 1.82) is 0 Å². The second-order valence-corrected chi connectivity index (χ2v) is 5.73. The van der Waals surface area contributed by atoms with Crippen LogP contribution in [0.1, 0.15) is 11.6 Å². The molecule has 4 aromatic rings. The molecular formula is C19H12FN5O3. The third kappa shape index (κ3) is 3.68. The molecule has 1 N–H and O–H groups in total. The van der Waals surface area contributed by atoms with Crippen LogP contribution >= 0.6 is 0 Å². The number of fused-ring (bicyclic) bond motifs is 1. The van der Waals surface area contributed by atoms with Gasteiger partial charge in [0.15, 0.2) is 5.82 Å². The highest BCUT2D eigenvalue weighted by Crippen LogP contribution is 2.25. The quantitative estimate of drug-likeness (QED) is 0.401. The van der Waals surface area contributed by atoms with Gasteiger partial charge in [-0.15, -0.1) is 0 Å². The molecule has 4 rings (SSSR count). The Balaban J connectivity index is 1.73. The summed E-state index contributed by atoms with van der Waals surface area (Å²) in [5.74, 6) is 0.258. The number of hydrogen-bond donors (Lipinski definition) is 1. The van der Waals surface area contributed by atoms with Crippen molar-refractivity contribution in [3.05, 3.63) is 82.4 Å². The Morgan fingerprint density at radius 1 is 1.14 bits per heavy atom. The smallest absolute Gasteiger partial charge is 0.401 e. The molecule has 0 aliphatic carbocycles. The average molecular weight is 377 g/mol. The van der Waals surface area contributed by atoms with E-state index in [0.29, 0.717) is 28.2 Å². The molecule has 0 saturated carbocycles. The third-order valence-corrected chi connectivity index (χ3v) is 3.79. The zero-order valence-corrected chi connectivity index (χ0v) is 14.2. The first-order valence-corrected chi connectivity index (χ1v) is 8.15. The molecule has 0 unspecified atom stereocenters. The molecule has 0 bridgehead atoms. The fourth-order valence-corrected chi connectivity index (χ4v) is 2.55. The number of nitro groups is 1. The van der Waals surface area contributed by atoms with Crippen LogP contribution in [0.4, 0.5) is 21.8 Å². The molecule has 9 heteroatoms. The third-order valence-electron chi connectivity index (χ3n) is 3.79. The molecule has 0 fully saturated rings. The maximum absolute atomic E-state index is 13.7. The molecule has 0 aliphatic heterocycles. The zero-order valence-electron chi connectivity index (χ0n) is 14.2. The number of halogens is 1. The molecule has 28 heavy (non-hydrogen) atoms. The van der Waals surface area contributed by atoms with E-state index >= 15 is 0 Å². The number of aromatic nitrogens is 3. The van der Waals surface area contributed by atoms with Crippen molar-refractivity contribution >= 4 is 40.4 Å². The van der Waals surface area contributed by atoms with Gasteiger partial charge in [-0.1, -0.05) is 0 Å². The van der Waals surface area contributed by atoms with Crippen molar-refractivity contribution < 1.29 is 13.7 Å². The molecule has 8 nitrogen and oxygen atoms in total. The molecular weight excluding hydrogens is 365 g/mol. The first-order chi connectivity index (χ1) is 13.6. The second-order valence-electron chi connectivity index (χ2n) is 5.73. The Bertz CT molecular complexity index is 1190. The summed E-state index contributed by atoms with van der Waals surface area (Å²) in [5, 5.41) is 14.3. The predicted molar refractivity (Wildman–Crippen MR) is 101 cm³/mol. The lowest BCUT2D eigenvalue weighted by molar-refractivity contribution is -0.402. The van der Waals surface area contributed by atoms with Crippen LogP contribution in [0.15, 0.2) is 59.3 Å².